The molecule has 0 bridgehead atoms. The SMILES string of the molecule is CC(C)NCC(C)Oc1ccc(F)c(F)c1. The Hall–Kier alpha value is -1.16. The van der Waals surface area contributed by atoms with Crippen LogP contribution >= 0.6 is 0 Å². The second-order valence-electron chi connectivity index (χ2n) is 4.07. The molecular formula is C12H17F2NO. The summed E-state index contributed by atoms with van der Waals surface area (Å²) in [6, 6.07) is 3.91. The van der Waals surface area contributed by atoms with Crippen molar-refractivity contribution in [1.82, 2.24) is 5.32 Å². The van der Waals surface area contributed by atoms with E-state index in [9.17, 15) is 8.78 Å². The average Bonchev–Trinajstić information content (AvgIpc) is 2.21. The monoisotopic (exact) mass is 229 g/mol. The third-order valence-corrected chi connectivity index (χ3v) is 2.04. The summed E-state index contributed by atoms with van der Waals surface area (Å²) >= 11 is 0. The van der Waals surface area contributed by atoms with Gasteiger partial charge in [-0.3, -0.25) is 0 Å². The Morgan fingerprint density at radius 3 is 2.44 bits per heavy atom. The Kier molecular flexibility index (Phi) is 4.68. The van der Waals surface area contributed by atoms with E-state index < -0.39 is 11.6 Å². The lowest BCUT2D eigenvalue weighted by atomic mass is 10.3. The number of nitrogens with one attached hydrogen (secondary N) is 1. The van der Waals surface area contributed by atoms with Gasteiger partial charge in [0.1, 0.15) is 11.9 Å². The van der Waals surface area contributed by atoms with Crippen LogP contribution in [0.5, 0.6) is 5.75 Å². The van der Waals surface area contributed by atoms with Crippen molar-refractivity contribution in [3.05, 3.63) is 29.8 Å². The van der Waals surface area contributed by atoms with Gasteiger partial charge in [0.15, 0.2) is 11.6 Å². The molecule has 90 valence electrons. The number of rotatable bonds is 5. The molecule has 0 aliphatic rings. The van der Waals surface area contributed by atoms with E-state index >= 15 is 0 Å². The fourth-order valence-corrected chi connectivity index (χ4v) is 1.23. The molecule has 1 rings (SSSR count). The van der Waals surface area contributed by atoms with Crippen molar-refractivity contribution in [2.24, 2.45) is 0 Å². The van der Waals surface area contributed by atoms with Gasteiger partial charge < -0.3 is 10.1 Å². The normalized spacial score (nSPS) is 12.9. The molecule has 0 fully saturated rings. The molecular weight excluding hydrogens is 212 g/mol. The zero-order valence-electron chi connectivity index (χ0n) is 9.76. The van der Waals surface area contributed by atoms with Crippen molar-refractivity contribution < 1.29 is 13.5 Å². The molecule has 1 N–H and O–H groups in total. The average molecular weight is 229 g/mol. The minimum Gasteiger partial charge on any atom is -0.489 e. The third-order valence-electron chi connectivity index (χ3n) is 2.04. The molecule has 0 aliphatic heterocycles. The summed E-state index contributed by atoms with van der Waals surface area (Å²) in [5.41, 5.74) is 0. The minimum atomic E-state index is -0.887. The highest BCUT2D eigenvalue weighted by atomic mass is 19.2. The van der Waals surface area contributed by atoms with Gasteiger partial charge in [0.2, 0.25) is 0 Å². The van der Waals surface area contributed by atoms with Gasteiger partial charge in [-0.25, -0.2) is 8.78 Å². The lowest BCUT2D eigenvalue weighted by molar-refractivity contribution is 0.212. The maximum Gasteiger partial charge on any atom is 0.162 e. The molecule has 16 heavy (non-hydrogen) atoms. The largest absolute Gasteiger partial charge is 0.489 e. The van der Waals surface area contributed by atoms with Crippen molar-refractivity contribution in [2.75, 3.05) is 6.54 Å². The highest BCUT2D eigenvalue weighted by Crippen LogP contribution is 2.16. The Labute approximate surface area is 94.6 Å². The van der Waals surface area contributed by atoms with Crippen LogP contribution in [0.4, 0.5) is 8.78 Å². The lowest BCUT2D eigenvalue weighted by Crippen LogP contribution is -2.33. The summed E-state index contributed by atoms with van der Waals surface area (Å²) in [7, 11) is 0. The van der Waals surface area contributed by atoms with Crippen molar-refractivity contribution in [3.8, 4) is 5.75 Å². The first-order valence-corrected chi connectivity index (χ1v) is 5.34. The molecule has 0 amide bonds. The van der Waals surface area contributed by atoms with E-state index in [-0.39, 0.29) is 6.10 Å². The molecule has 4 heteroatoms. The lowest BCUT2D eigenvalue weighted by Gasteiger charge is -2.17. The molecule has 2 nitrogen and oxygen atoms in total. The van der Waals surface area contributed by atoms with Crippen molar-refractivity contribution in [3.63, 3.8) is 0 Å². The van der Waals surface area contributed by atoms with E-state index in [1.165, 1.54) is 6.07 Å². The molecule has 0 saturated carbocycles. The van der Waals surface area contributed by atoms with Crippen LogP contribution in [-0.2, 0) is 0 Å². The molecule has 0 aliphatic carbocycles. The smallest absolute Gasteiger partial charge is 0.162 e. The Balaban J connectivity index is 2.49. The van der Waals surface area contributed by atoms with Gasteiger partial charge in [-0.15, -0.1) is 0 Å². The van der Waals surface area contributed by atoms with Gasteiger partial charge in [-0.05, 0) is 19.1 Å². The highest BCUT2D eigenvalue weighted by Gasteiger charge is 2.07. The Morgan fingerprint density at radius 2 is 1.88 bits per heavy atom. The van der Waals surface area contributed by atoms with Crippen LogP contribution in [0.15, 0.2) is 18.2 Å². The molecule has 1 unspecified atom stereocenters. The predicted octanol–water partition coefficient (Wildman–Crippen LogP) is 2.73. The van der Waals surface area contributed by atoms with Gasteiger partial charge >= 0.3 is 0 Å². The van der Waals surface area contributed by atoms with Gasteiger partial charge in [0.05, 0.1) is 0 Å². The van der Waals surface area contributed by atoms with Crippen LogP contribution < -0.4 is 10.1 Å². The van der Waals surface area contributed by atoms with E-state index in [1.807, 2.05) is 20.8 Å². The van der Waals surface area contributed by atoms with E-state index in [2.05, 4.69) is 5.32 Å². The fourth-order valence-electron chi connectivity index (χ4n) is 1.23. The summed E-state index contributed by atoms with van der Waals surface area (Å²) < 4.78 is 31.0. The summed E-state index contributed by atoms with van der Waals surface area (Å²) in [4.78, 5) is 0. The van der Waals surface area contributed by atoms with Crippen molar-refractivity contribution >= 4 is 0 Å². The van der Waals surface area contributed by atoms with E-state index in [4.69, 9.17) is 4.74 Å². The number of hydrogen-bond acceptors (Lipinski definition) is 2. The second kappa shape index (κ2) is 5.80. The Bertz CT molecular complexity index is 342. The van der Waals surface area contributed by atoms with E-state index in [0.717, 1.165) is 12.1 Å². The van der Waals surface area contributed by atoms with Gasteiger partial charge in [-0.1, -0.05) is 13.8 Å². The maximum atomic E-state index is 12.9. The molecule has 1 aromatic rings. The second-order valence-corrected chi connectivity index (χ2v) is 4.07. The fraction of sp³-hybridized carbons (Fsp3) is 0.500. The van der Waals surface area contributed by atoms with Crippen LogP contribution in [0.3, 0.4) is 0 Å². The summed E-state index contributed by atoms with van der Waals surface area (Å²) in [5, 5.41) is 3.20. The quantitative estimate of drug-likeness (QED) is 0.838. The van der Waals surface area contributed by atoms with Gasteiger partial charge in [0.25, 0.3) is 0 Å². The minimum absolute atomic E-state index is 0.0905. The van der Waals surface area contributed by atoms with Crippen molar-refractivity contribution in [2.45, 2.75) is 32.9 Å². The summed E-state index contributed by atoms with van der Waals surface area (Å²) in [6.45, 7) is 6.60. The third kappa shape index (κ3) is 4.14. The van der Waals surface area contributed by atoms with Crippen LogP contribution in [0.2, 0.25) is 0 Å². The Morgan fingerprint density at radius 1 is 1.19 bits per heavy atom. The van der Waals surface area contributed by atoms with Crippen molar-refractivity contribution in [1.29, 1.82) is 0 Å². The molecule has 1 aromatic carbocycles. The predicted molar refractivity (Wildman–Crippen MR) is 59.6 cm³/mol. The maximum absolute atomic E-state index is 12.9. The first kappa shape index (κ1) is 12.9. The first-order valence-electron chi connectivity index (χ1n) is 5.34. The van der Waals surface area contributed by atoms with Crippen LogP contribution in [0.1, 0.15) is 20.8 Å². The molecule has 0 saturated heterocycles. The van der Waals surface area contributed by atoms with Crippen LogP contribution in [0.25, 0.3) is 0 Å². The first-order chi connectivity index (χ1) is 7.49. The molecule has 0 heterocycles. The topological polar surface area (TPSA) is 21.3 Å². The highest BCUT2D eigenvalue weighted by molar-refractivity contribution is 5.23. The summed E-state index contributed by atoms with van der Waals surface area (Å²) in [6.07, 6.45) is -0.0905. The molecule has 0 aromatic heterocycles. The molecule has 0 spiro atoms. The molecule has 1 atom stereocenters. The van der Waals surface area contributed by atoms with Gasteiger partial charge in [-0.2, -0.15) is 0 Å². The van der Waals surface area contributed by atoms with E-state index in [1.54, 1.807) is 0 Å². The number of hydrogen-bond donors (Lipinski definition) is 1. The number of benzene rings is 1. The molecule has 0 radical (unpaired) electrons. The van der Waals surface area contributed by atoms with Gasteiger partial charge in [0, 0.05) is 18.7 Å². The summed E-state index contributed by atoms with van der Waals surface area (Å²) in [5.74, 6) is -1.40. The van der Waals surface area contributed by atoms with Crippen LogP contribution in [-0.4, -0.2) is 18.7 Å². The van der Waals surface area contributed by atoms with Crippen LogP contribution in [0, 0.1) is 11.6 Å². The number of halogens is 2. The van der Waals surface area contributed by atoms with E-state index in [0.29, 0.717) is 18.3 Å². The standard InChI is InChI=1S/C12H17F2NO/c1-8(2)15-7-9(3)16-10-4-5-11(13)12(14)6-10/h4-6,8-9,15H,7H2,1-3H3. The zero-order valence-corrected chi connectivity index (χ0v) is 9.76. The number of ether oxygens (including phenoxy) is 1. The zero-order chi connectivity index (χ0) is 12.1.